The molecule has 0 unspecified atom stereocenters. The Kier molecular flexibility index (Phi) is 7.98. The number of carbonyl (C=O) groups excluding carboxylic acids is 1. The van der Waals surface area contributed by atoms with E-state index >= 15 is 0 Å². The van der Waals surface area contributed by atoms with E-state index in [1.54, 1.807) is 32.9 Å². The molecule has 0 bridgehead atoms. The molecule has 2 amide bonds. The minimum Gasteiger partial charge on any atom is -0.467 e. The standard InChI is InChI=1S/C17H23N4O8PS/c1-11(2)19-17(22)21-31(26,27)16-9-18-7-6-14(16)20-13-4-5-15(12(3)8-13)28-10-29-30(23,24)25/h4-9,11H,10H2,1-3H3,(H,18,20)(H2,19,21,22)(H2,23,24,25). The van der Waals surface area contributed by atoms with Crippen molar-refractivity contribution in [1.29, 1.82) is 0 Å². The molecule has 0 aliphatic heterocycles. The van der Waals surface area contributed by atoms with Crippen molar-refractivity contribution >= 4 is 35.3 Å². The maximum Gasteiger partial charge on any atom is 0.472 e. The molecule has 12 nitrogen and oxygen atoms in total. The summed E-state index contributed by atoms with van der Waals surface area (Å²) in [7, 11) is -8.85. The zero-order chi connectivity index (χ0) is 23.2. The van der Waals surface area contributed by atoms with Crippen molar-refractivity contribution in [2.75, 3.05) is 12.1 Å². The topological polar surface area (TPSA) is 176 Å². The van der Waals surface area contributed by atoms with E-state index in [1.807, 2.05) is 4.72 Å². The monoisotopic (exact) mass is 474 g/mol. The highest BCUT2D eigenvalue weighted by atomic mass is 32.2. The highest BCUT2D eigenvalue weighted by Crippen LogP contribution is 2.36. The highest BCUT2D eigenvalue weighted by molar-refractivity contribution is 7.90. The molecule has 2 aromatic rings. The molecular weight excluding hydrogens is 451 g/mol. The van der Waals surface area contributed by atoms with E-state index in [9.17, 15) is 17.8 Å². The van der Waals surface area contributed by atoms with Crippen LogP contribution in [0.25, 0.3) is 0 Å². The van der Waals surface area contributed by atoms with Crippen LogP contribution < -0.4 is 20.1 Å². The summed E-state index contributed by atoms with van der Waals surface area (Å²) in [5.41, 5.74) is 1.26. The van der Waals surface area contributed by atoms with E-state index in [0.29, 0.717) is 17.0 Å². The largest absolute Gasteiger partial charge is 0.472 e. The number of ether oxygens (including phenoxy) is 1. The smallest absolute Gasteiger partial charge is 0.467 e. The van der Waals surface area contributed by atoms with Gasteiger partial charge in [-0.1, -0.05) is 0 Å². The third-order valence-electron chi connectivity index (χ3n) is 3.61. The quantitative estimate of drug-likeness (QED) is 0.267. The average Bonchev–Trinajstić information content (AvgIpc) is 2.61. The lowest BCUT2D eigenvalue weighted by Crippen LogP contribution is -2.42. The maximum absolute atomic E-state index is 12.6. The molecule has 0 saturated carbocycles. The maximum atomic E-state index is 12.6. The Hall–Kier alpha value is -2.70. The average molecular weight is 474 g/mol. The summed E-state index contributed by atoms with van der Waals surface area (Å²) in [6.07, 6.45) is 2.50. The number of carbonyl (C=O) groups is 1. The van der Waals surface area contributed by atoms with Gasteiger partial charge in [0.25, 0.3) is 10.0 Å². The second-order valence-corrected chi connectivity index (χ2v) is 9.48. The Bertz CT molecular complexity index is 1090. The molecule has 2 rings (SSSR count). The fourth-order valence-electron chi connectivity index (χ4n) is 2.37. The van der Waals surface area contributed by atoms with E-state index in [1.165, 1.54) is 18.3 Å². The zero-order valence-corrected chi connectivity index (χ0v) is 18.6. The first-order valence-electron chi connectivity index (χ1n) is 8.85. The van der Waals surface area contributed by atoms with E-state index in [2.05, 4.69) is 20.1 Å². The van der Waals surface area contributed by atoms with E-state index in [0.717, 1.165) is 6.20 Å². The molecule has 0 radical (unpaired) electrons. The number of amides is 2. The molecule has 0 spiro atoms. The van der Waals surface area contributed by atoms with Crippen LogP contribution >= 0.6 is 7.82 Å². The SMILES string of the molecule is Cc1cc(Nc2ccncc2S(=O)(=O)NC(=O)NC(C)C)ccc1OCOP(=O)(O)O. The van der Waals surface area contributed by atoms with Gasteiger partial charge in [-0.25, -0.2) is 27.0 Å². The number of nitrogens with zero attached hydrogens (tertiary/aromatic N) is 1. The summed E-state index contributed by atoms with van der Waals surface area (Å²) in [4.78, 5) is 32.8. The van der Waals surface area contributed by atoms with Gasteiger partial charge in [0.1, 0.15) is 10.6 Å². The molecule has 1 aromatic heterocycles. The van der Waals surface area contributed by atoms with E-state index in [-0.39, 0.29) is 16.6 Å². The van der Waals surface area contributed by atoms with Gasteiger partial charge in [-0.3, -0.25) is 4.98 Å². The number of aromatic nitrogens is 1. The summed E-state index contributed by atoms with van der Waals surface area (Å²) in [6, 6.07) is 5.03. The van der Waals surface area contributed by atoms with Crippen molar-refractivity contribution in [1.82, 2.24) is 15.0 Å². The van der Waals surface area contributed by atoms with Crippen LogP contribution in [0.4, 0.5) is 16.2 Å². The molecule has 0 aliphatic rings. The van der Waals surface area contributed by atoms with Gasteiger partial charge in [0.05, 0.1) is 5.69 Å². The van der Waals surface area contributed by atoms with Gasteiger partial charge in [-0.05, 0) is 50.6 Å². The summed E-state index contributed by atoms with van der Waals surface area (Å²) >= 11 is 0. The van der Waals surface area contributed by atoms with Gasteiger partial charge in [0, 0.05) is 24.1 Å². The normalized spacial score (nSPS) is 11.8. The Morgan fingerprint density at radius 2 is 1.97 bits per heavy atom. The minimum absolute atomic E-state index is 0.178. The Labute approximate surface area is 179 Å². The zero-order valence-electron chi connectivity index (χ0n) is 16.9. The molecule has 0 atom stereocenters. The van der Waals surface area contributed by atoms with Gasteiger partial charge in [0.2, 0.25) is 0 Å². The number of phosphoric ester groups is 1. The van der Waals surface area contributed by atoms with Crippen molar-refractivity contribution in [2.45, 2.75) is 31.7 Å². The molecule has 14 heteroatoms. The van der Waals surface area contributed by atoms with Gasteiger partial charge in [0.15, 0.2) is 6.79 Å². The first-order chi connectivity index (χ1) is 14.4. The van der Waals surface area contributed by atoms with Gasteiger partial charge < -0.3 is 25.2 Å². The second-order valence-electron chi connectivity index (χ2n) is 6.59. The lowest BCUT2D eigenvalue weighted by Gasteiger charge is -2.15. The fraction of sp³-hybridized carbons (Fsp3) is 0.294. The predicted octanol–water partition coefficient (Wildman–Crippen LogP) is 1.98. The molecule has 170 valence electrons. The van der Waals surface area contributed by atoms with Gasteiger partial charge in [-0.15, -0.1) is 0 Å². The van der Waals surface area contributed by atoms with Crippen LogP contribution in [0.1, 0.15) is 19.4 Å². The molecule has 31 heavy (non-hydrogen) atoms. The number of sulfonamides is 1. The van der Waals surface area contributed by atoms with Crippen LogP contribution in [0, 0.1) is 6.92 Å². The Morgan fingerprint density at radius 3 is 2.58 bits per heavy atom. The number of hydrogen-bond donors (Lipinski definition) is 5. The highest BCUT2D eigenvalue weighted by Gasteiger charge is 2.22. The number of anilines is 2. The van der Waals surface area contributed by atoms with Crippen LogP contribution in [0.15, 0.2) is 41.6 Å². The molecule has 0 fully saturated rings. The number of rotatable bonds is 9. The van der Waals surface area contributed by atoms with Crippen molar-refractivity contribution in [3.63, 3.8) is 0 Å². The van der Waals surface area contributed by atoms with Crippen LogP contribution in [0.2, 0.25) is 0 Å². The second kappa shape index (κ2) is 10.1. The molecule has 0 saturated heterocycles. The first-order valence-corrected chi connectivity index (χ1v) is 11.9. The first kappa shape index (κ1) is 24.6. The van der Waals surface area contributed by atoms with Crippen molar-refractivity contribution in [3.8, 4) is 5.75 Å². The minimum atomic E-state index is -4.65. The third kappa shape index (κ3) is 7.81. The molecule has 1 heterocycles. The van der Waals surface area contributed by atoms with Crippen LogP contribution in [0.5, 0.6) is 5.75 Å². The number of nitrogens with one attached hydrogen (secondary N) is 3. The number of benzene rings is 1. The summed E-state index contributed by atoms with van der Waals surface area (Å²) in [5, 5.41) is 5.37. The van der Waals surface area contributed by atoms with Gasteiger partial charge in [-0.2, -0.15) is 0 Å². The summed E-state index contributed by atoms with van der Waals surface area (Å²) in [5.74, 6) is 0.314. The molecule has 5 N–H and O–H groups in total. The molecule has 1 aromatic carbocycles. The summed E-state index contributed by atoms with van der Waals surface area (Å²) < 4.78 is 47.2. The van der Waals surface area contributed by atoms with Crippen molar-refractivity contribution in [3.05, 3.63) is 42.2 Å². The Balaban J connectivity index is 2.18. The molecule has 0 aliphatic carbocycles. The number of urea groups is 1. The fourth-order valence-corrected chi connectivity index (χ4v) is 3.58. The lowest BCUT2D eigenvalue weighted by atomic mass is 10.2. The van der Waals surface area contributed by atoms with Crippen LogP contribution in [-0.4, -0.2) is 42.1 Å². The van der Waals surface area contributed by atoms with Crippen LogP contribution in [-0.2, 0) is 19.1 Å². The number of pyridine rings is 1. The van der Waals surface area contributed by atoms with E-state index in [4.69, 9.17) is 14.5 Å². The number of phosphoric acid groups is 1. The number of aryl methyl sites for hydroxylation is 1. The molecular formula is C17H23N4O8PS. The number of hydrogen-bond acceptors (Lipinski definition) is 8. The third-order valence-corrected chi connectivity index (χ3v) is 5.41. The Morgan fingerprint density at radius 1 is 1.26 bits per heavy atom. The summed E-state index contributed by atoms with van der Waals surface area (Å²) in [6.45, 7) is 4.42. The van der Waals surface area contributed by atoms with E-state index < -0.39 is 30.7 Å². The van der Waals surface area contributed by atoms with Crippen molar-refractivity contribution < 1.29 is 36.8 Å². The van der Waals surface area contributed by atoms with Crippen LogP contribution in [0.3, 0.4) is 0 Å². The predicted molar refractivity (Wildman–Crippen MR) is 111 cm³/mol. The lowest BCUT2D eigenvalue weighted by molar-refractivity contribution is 0.0824. The van der Waals surface area contributed by atoms with Gasteiger partial charge >= 0.3 is 13.9 Å². The van der Waals surface area contributed by atoms with Crippen molar-refractivity contribution in [2.24, 2.45) is 0 Å².